The molecule has 182 valence electrons. The van der Waals surface area contributed by atoms with Crippen LogP contribution in [0.5, 0.6) is 5.75 Å². The molecular formula is C26H35N5O3. The highest BCUT2D eigenvalue weighted by molar-refractivity contribution is 5.85. The second-order valence-corrected chi connectivity index (χ2v) is 9.26. The van der Waals surface area contributed by atoms with Crippen LogP contribution in [0.2, 0.25) is 0 Å². The van der Waals surface area contributed by atoms with Crippen LogP contribution >= 0.6 is 0 Å². The fourth-order valence-corrected chi connectivity index (χ4v) is 4.45. The summed E-state index contributed by atoms with van der Waals surface area (Å²) in [5.41, 5.74) is 16.7. The smallest absolute Gasteiger partial charge is 0.330 e. The third-order valence-electron chi connectivity index (χ3n) is 6.62. The van der Waals surface area contributed by atoms with E-state index in [0.29, 0.717) is 23.8 Å². The van der Waals surface area contributed by atoms with Crippen molar-refractivity contribution in [1.29, 1.82) is 0 Å². The van der Waals surface area contributed by atoms with Crippen LogP contribution in [0.25, 0.3) is 22.4 Å². The number of rotatable bonds is 9. The fraction of sp³-hybridized carbons (Fsp3) is 0.423. The Morgan fingerprint density at radius 3 is 2.38 bits per heavy atom. The Labute approximate surface area is 200 Å². The lowest BCUT2D eigenvalue weighted by atomic mass is 9.88. The van der Waals surface area contributed by atoms with Gasteiger partial charge in [0.2, 0.25) is 0 Å². The van der Waals surface area contributed by atoms with Gasteiger partial charge in [-0.15, -0.1) is 0 Å². The maximum atomic E-state index is 13.0. The standard InChI is InChI=1S/C26H35N5O3/c1-29(2)12-5-13-34-20-9-6-17(7-10-20)18-8-11-23(27)22(14-18)24-25(28)30(3)26(32)31(24)19-15-21(16-19)33-4/h6-11,14,19,21H,5,12-13,15-16,27-28H2,1-4H3. The molecule has 1 saturated carbocycles. The predicted octanol–water partition coefficient (Wildman–Crippen LogP) is 3.37. The molecule has 0 radical (unpaired) electrons. The Balaban J connectivity index is 1.62. The first-order valence-corrected chi connectivity index (χ1v) is 11.7. The normalized spacial score (nSPS) is 17.7. The van der Waals surface area contributed by atoms with Gasteiger partial charge in [-0.2, -0.15) is 0 Å². The van der Waals surface area contributed by atoms with E-state index in [4.69, 9.17) is 20.9 Å². The molecule has 0 unspecified atom stereocenters. The Kier molecular flexibility index (Phi) is 7.00. The summed E-state index contributed by atoms with van der Waals surface area (Å²) in [7, 11) is 7.51. The quantitative estimate of drug-likeness (QED) is 0.371. The average Bonchev–Trinajstić information content (AvgIpc) is 3.01. The molecule has 34 heavy (non-hydrogen) atoms. The highest BCUT2D eigenvalue weighted by atomic mass is 16.5. The Morgan fingerprint density at radius 2 is 1.74 bits per heavy atom. The van der Waals surface area contributed by atoms with Crippen LogP contribution in [-0.2, 0) is 11.8 Å². The molecule has 8 nitrogen and oxygen atoms in total. The molecule has 1 aliphatic rings. The van der Waals surface area contributed by atoms with Crippen molar-refractivity contribution in [3.8, 4) is 28.1 Å². The number of hydrogen-bond acceptors (Lipinski definition) is 6. The first-order valence-electron chi connectivity index (χ1n) is 11.7. The molecule has 0 bridgehead atoms. The minimum atomic E-state index is -0.132. The minimum absolute atomic E-state index is 0.0444. The summed E-state index contributed by atoms with van der Waals surface area (Å²) in [4.78, 5) is 15.2. The van der Waals surface area contributed by atoms with Crippen molar-refractivity contribution < 1.29 is 9.47 Å². The van der Waals surface area contributed by atoms with Gasteiger partial charge < -0.3 is 25.8 Å². The summed E-state index contributed by atoms with van der Waals surface area (Å²) in [5, 5.41) is 0. The summed E-state index contributed by atoms with van der Waals surface area (Å²) in [5.74, 6) is 1.26. The van der Waals surface area contributed by atoms with E-state index in [0.717, 1.165) is 48.2 Å². The van der Waals surface area contributed by atoms with Gasteiger partial charge in [-0.3, -0.25) is 9.13 Å². The molecule has 0 amide bonds. The molecule has 0 spiro atoms. The van der Waals surface area contributed by atoms with Crippen LogP contribution < -0.4 is 21.9 Å². The van der Waals surface area contributed by atoms with Crippen molar-refractivity contribution in [2.75, 3.05) is 45.8 Å². The summed E-state index contributed by atoms with van der Waals surface area (Å²) in [6.45, 7) is 1.67. The van der Waals surface area contributed by atoms with E-state index in [2.05, 4.69) is 19.0 Å². The second-order valence-electron chi connectivity index (χ2n) is 9.26. The lowest BCUT2D eigenvalue weighted by Crippen LogP contribution is -2.38. The van der Waals surface area contributed by atoms with E-state index in [-0.39, 0.29) is 17.8 Å². The SMILES string of the molecule is COC1CC(n2c(-c3cc(-c4ccc(OCCCN(C)C)cc4)ccc3N)c(N)n(C)c2=O)C1. The Morgan fingerprint density at radius 1 is 1.06 bits per heavy atom. The molecule has 0 saturated heterocycles. The molecule has 1 fully saturated rings. The van der Waals surface area contributed by atoms with Gasteiger partial charge in [0.25, 0.3) is 0 Å². The third kappa shape index (κ3) is 4.69. The lowest BCUT2D eigenvalue weighted by molar-refractivity contribution is 0.00559. The monoisotopic (exact) mass is 465 g/mol. The summed E-state index contributed by atoms with van der Waals surface area (Å²) >= 11 is 0. The summed E-state index contributed by atoms with van der Waals surface area (Å²) < 4.78 is 14.5. The van der Waals surface area contributed by atoms with E-state index in [1.807, 2.05) is 42.5 Å². The number of benzene rings is 2. The van der Waals surface area contributed by atoms with E-state index in [1.54, 1.807) is 18.7 Å². The molecule has 1 heterocycles. The van der Waals surface area contributed by atoms with Crippen molar-refractivity contribution in [3.63, 3.8) is 0 Å². The van der Waals surface area contributed by atoms with E-state index >= 15 is 0 Å². The average molecular weight is 466 g/mol. The molecule has 0 atom stereocenters. The van der Waals surface area contributed by atoms with Crippen LogP contribution in [0.1, 0.15) is 25.3 Å². The number of anilines is 2. The highest BCUT2D eigenvalue weighted by Gasteiger charge is 2.35. The van der Waals surface area contributed by atoms with Gasteiger partial charge in [0, 0.05) is 38.0 Å². The molecule has 1 aromatic heterocycles. The van der Waals surface area contributed by atoms with Crippen LogP contribution in [0.15, 0.2) is 47.3 Å². The molecule has 2 aromatic carbocycles. The third-order valence-corrected chi connectivity index (χ3v) is 6.62. The predicted molar refractivity (Wildman–Crippen MR) is 137 cm³/mol. The number of nitrogens with zero attached hydrogens (tertiary/aromatic N) is 3. The number of aromatic nitrogens is 2. The highest BCUT2D eigenvalue weighted by Crippen LogP contribution is 2.40. The topological polar surface area (TPSA) is 101 Å². The zero-order valence-corrected chi connectivity index (χ0v) is 20.5. The number of nitrogens with two attached hydrogens (primary N) is 2. The number of ether oxygens (including phenoxy) is 2. The van der Waals surface area contributed by atoms with Crippen molar-refractivity contribution in [1.82, 2.24) is 14.0 Å². The van der Waals surface area contributed by atoms with Crippen molar-refractivity contribution >= 4 is 11.5 Å². The fourth-order valence-electron chi connectivity index (χ4n) is 4.45. The Hall–Kier alpha value is -3.23. The second kappa shape index (κ2) is 9.95. The summed E-state index contributed by atoms with van der Waals surface area (Å²) in [6, 6.07) is 13.9. The van der Waals surface area contributed by atoms with Gasteiger partial charge in [0.15, 0.2) is 0 Å². The number of hydrogen-bond donors (Lipinski definition) is 2. The van der Waals surface area contributed by atoms with E-state index in [9.17, 15) is 4.79 Å². The zero-order chi connectivity index (χ0) is 24.4. The first-order chi connectivity index (χ1) is 16.3. The maximum Gasteiger partial charge on any atom is 0.330 e. The largest absolute Gasteiger partial charge is 0.494 e. The summed E-state index contributed by atoms with van der Waals surface area (Å²) in [6.07, 6.45) is 2.70. The molecule has 3 aromatic rings. The molecular weight excluding hydrogens is 430 g/mol. The maximum absolute atomic E-state index is 13.0. The zero-order valence-electron chi connectivity index (χ0n) is 20.5. The Bertz CT molecular complexity index is 1190. The van der Waals surface area contributed by atoms with Gasteiger partial charge in [0.1, 0.15) is 11.6 Å². The van der Waals surface area contributed by atoms with Crippen LogP contribution in [0.3, 0.4) is 0 Å². The molecule has 0 aliphatic heterocycles. The van der Waals surface area contributed by atoms with Crippen LogP contribution in [0, 0.1) is 0 Å². The molecule has 8 heteroatoms. The van der Waals surface area contributed by atoms with Gasteiger partial charge in [-0.05, 0) is 68.8 Å². The van der Waals surface area contributed by atoms with Crippen molar-refractivity contribution in [2.45, 2.75) is 31.4 Å². The molecule has 4 rings (SSSR count). The van der Waals surface area contributed by atoms with E-state index in [1.165, 1.54) is 4.57 Å². The van der Waals surface area contributed by atoms with Crippen LogP contribution in [-0.4, -0.2) is 54.5 Å². The molecule has 1 aliphatic carbocycles. The van der Waals surface area contributed by atoms with Crippen molar-refractivity contribution in [3.05, 3.63) is 52.9 Å². The van der Waals surface area contributed by atoms with Gasteiger partial charge in [-0.25, -0.2) is 4.79 Å². The van der Waals surface area contributed by atoms with Gasteiger partial charge in [0.05, 0.1) is 18.4 Å². The lowest BCUT2D eigenvalue weighted by Gasteiger charge is -2.35. The molecule has 4 N–H and O–H groups in total. The number of imidazole rings is 1. The number of nitrogen functional groups attached to an aromatic ring is 2. The van der Waals surface area contributed by atoms with Crippen LogP contribution in [0.4, 0.5) is 11.5 Å². The van der Waals surface area contributed by atoms with Crippen molar-refractivity contribution in [2.24, 2.45) is 7.05 Å². The first kappa shape index (κ1) is 23.9. The number of methoxy groups -OCH3 is 1. The minimum Gasteiger partial charge on any atom is -0.494 e. The van der Waals surface area contributed by atoms with Gasteiger partial charge >= 0.3 is 5.69 Å². The van der Waals surface area contributed by atoms with E-state index < -0.39 is 0 Å². The van der Waals surface area contributed by atoms with Gasteiger partial charge in [-0.1, -0.05) is 18.2 Å².